The second-order valence-corrected chi connectivity index (χ2v) is 5.70. The number of ether oxygens (including phenoxy) is 3. The fourth-order valence-electron chi connectivity index (χ4n) is 2.98. The molecular formula is C17H25NO3. The number of nitrogens with zero attached hydrogens (tertiary/aromatic N) is 1. The molecule has 1 aliphatic carbocycles. The van der Waals surface area contributed by atoms with Crippen molar-refractivity contribution >= 4 is 0 Å². The van der Waals surface area contributed by atoms with Crippen LogP contribution in [0, 0.1) is 0 Å². The summed E-state index contributed by atoms with van der Waals surface area (Å²) in [6.45, 7) is 6.78. The lowest BCUT2D eigenvalue weighted by atomic mass is 10.1. The highest BCUT2D eigenvalue weighted by Crippen LogP contribution is 2.25. The van der Waals surface area contributed by atoms with Crippen LogP contribution in [-0.2, 0) is 22.3 Å². The van der Waals surface area contributed by atoms with Crippen LogP contribution in [0.4, 0.5) is 0 Å². The molecule has 1 heterocycles. The fourth-order valence-corrected chi connectivity index (χ4v) is 2.98. The van der Waals surface area contributed by atoms with E-state index in [0.29, 0.717) is 13.2 Å². The minimum atomic E-state index is 0.627. The average molecular weight is 291 g/mol. The third-order valence-corrected chi connectivity index (χ3v) is 4.22. The van der Waals surface area contributed by atoms with Gasteiger partial charge in [0.25, 0.3) is 0 Å². The van der Waals surface area contributed by atoms with Crippen molar-refractivity contribution in [2.45, 2.75) is 19.3 Å². The van der Waals surface area contributed by atoms with Gasteiger partial charge in [-0.2, -0.15) is 0 Å². The van der Waals surface area contributed by atoms with Gasteiger partial charge in [0.15, 0.2) is 0 Å². The molecule has 1 aromatic carbocycles. The van der Waals surface area contributed by atoms with Crippen LogP contribution in [0.25, 0.3) is 0 Å². The molecule has 1 fully saturated rings. The summed E-state index contributed by atoms with van der Waals surface area (Å²) < 4.78 is 16.7. The van der Waals surface area contributed by atoms with Crippen LogP contribution in [0.3, 0.4) is 0 Å². The van der Waals surface area contributed by atoms with Gasteiger partial charge in [0.1, 0.15) is 12.4 Å². The van der Waals surface area contributed by atoms with Crippen LogP contribution in [0.2, 0.25) is 0 Å². The van der Waals surface area contributed by atoms with Crippen molar-refractivity contribution in [2.75, 3.05) is 52.7 Å². The first-order chi connectivity index (χ1) is 10.4. The zero-order chi connectivity index (χ0) is 14.3. The van der Waals surface area contributed by atoms with Gasteiger partial charge in [-0.3, -0.25) is 4.90 Å². The molecule has 0 atom stereocenters. The molecule has 21 heavy (non-hydrogen) atoms. The maximum absolute atomic E-state index is 5.76. The van der Waals surface area contributed by atoms with E-state index < -0.39 is 0 Å². The molecule has 0 spiro atoms. The largest absolute Gasteiger partial charge is 0.491 e. The Labute approximate surface area is 127 Å². The number of rotatable bonds is 7. The van der Waals surface area contributed by atoms with E-state index in [1.165, 1.54) is 30.4 Å². The highest BCUT2D eigenvalue weighted by molar-refractivity contribution is 5.38. The van der Waals surface area contributed by atoms with Crippen molar-refractivity contribution in [1.82, 2.24) is 4.90 Å². The van der Waals surface area contributed by atoms with Crippen molar-refractivity contribution in [2.24, 2.45) is 0 Å². The predicted octanol–water partition coefficient (Wildman–Crippen LogP) is 1.90. The molecule has 116 valence electrons. The van der Waals surface area contributed by atoms with Crippen molar-refractivity contribution in [3.63, 3.8) is 0 Å². The molecule has 3 rings (SSSR count). The summed E-state index contributed by atoms with van der Waals surface area (Å²) in [6.07, 6.45) is 3.70. The van der Waals surface area contributed by atoms with Crippen molar-refractivity contribution in [3.8, 4) is 5.75 Å². The Morgan fingerprint density at radius 3 is 2.76 bits per heavy atom. The van der Waals surface area contributed by atoms with E-state index in [9.17, 15) is 0 Å². The fraction of sp³-hybridized carbons (Fsp3) is 0.647. The lowest BCUT2D eigenvalue weighted by molar-refractivity contribution is 0.0170. The summed E-state index contributed by atoms with van der Waals surface area (Å²) in [5, 5.41) is 0. The van der Waals surface area contributed by atoms with Gasteiger partial charge in [-0.05, 0) is 42.5 Å². The Morgan fingerprint density at radius 1 is 1.00 bits per heavy atom. The van der Waals surface area contributed by atoms with Gasteiger partial charge in [-0.1, -0.05) is 6.07 Å². The van der Waals surface area contributed by atoms with Gasteiger partial charge < -0.3 is 14.2 Å². The summed E-state index contributed by atoms with van der Waals surface area (Å²) in [7, 11) is 0. The summed E-state index contributed by atoms with van der Waals surface area (Å²) in [5.41, 5.74) is 2.95. The smallest absolute Gasteiger partial charge is 0.119 e. The van der Waals surface area contributed by atoms with Crippen LogP contribution >= 0.6 is 0 Å². The minimum absolute atomic E-state index is 0.627. The van der Waals surface area contributed by atoms with Gasteiger partial charge in [-0.25, -0.2) is 0 Å². The molecule has 0 saturated carbocycles. The van der Waals surface area contributed by atoms with Gasteiger partial charge in [-0.15, -0.1) is 0 Å². The van der Waals surface area contributed by atoms with Crippen LogP contribution in [0.1, 0.15) is 17.5 Å². The molecule has 2 aliphatic rings. The van der Waals surface area contributed by atoms with Gasteiger partial charge >= 0.3 is 0 Å². The zero-order valence-corrected chi connectivity index (χ0v) is 12.7. The quantitative estimate of drug-likeness (QED) is 0.718. The topological polar surface area (TPSA) is 30.9 Å². The number of morpholine rings is 1. The molecule has 0 N–H and O–H groups in total. The minimum Gasteiger partial charge on any atom is -0.491 e. The predicted molar refractivity (Wildman–Crippen MR) is 82.0 cm³/mol. The Balaban J connectivity index is 1.28. The van der Waals surface area contributed by atoms with Crippen LogP contribution < -0.4 is 4.74 Å². The lowest BCUT2D eigenvalue weighted by Gasteiger charge is -2.26. The maximum Gasteiger partial charge on any atom is 0.119 e. The SMILES string of the molecule is c1cc2c(cc1OCCOCCN1CCOCC1)CCC2. The van der Waals surface area contributed by atoms with Crippen molar-refractivity contribution in [3.05, 3.63) is 29.3 Å². The summed E-state index contributed by atoms with van der Waals surface area (Å²) in [6, 6.07) is 6.48. The highest BCUT2D eigenvalue weighted by atomic mass is 16.5. The molecule has 0 aromatic heterocycles. The Bertz CT molecular complexity index is 444. The number of benzene rings is 1. The second kappa shape index (κ2) is 7.78. The Morgan fingerprint density at radius 2 is 1.86 bits per heavy atom. The molecule has 0 unspecified atom stereocenters. The first-order valence-electron chi connectivity index (χ1n) is 8.04. The molecule has 1 saturated heterocycles. The number of aryl methyl sites for hydroxylation is 2. The summed E-state index contributed by atoms with van der Waals surface area (Å²) >= 11 is 0. The second-order valence-electron chi connectivity index (χ2n) is 5.70. The van der Waals surface area contributed by atoms with E-state index in [0.717, 1.165) is 45.2 Å². The van der Waals surface area contributed by atoms with Crippen LogP contribution in [0.5, 0.6) is 5.75 Å². The van der Waals surface area contributed by atoms with E-state index in [2.05, 4.69) is 23.1 Å². The molecule has 1 aromatic rings. The summed E-state index contributed by atoms with van der Waals surface area (Å²) in [4.78, 5) is 2.38. The van der Waals surface area contributed by atoms with Crippen molar-refractivity contribution in [1.29, 1.82) is 0 Å². The number of fused-ring (bicyclic) bond motifs is 1. The zero-order valence-electron chi connectivity index (χ0n) is 12.7. The maximum atomic E-state index is 5.76. The monoisotopic (exact) mass is 291 g/mol. The average Bonchev–Trinajstić information content (AvgIpc) is 2.99. The first-order valence-corrected chi connectivity index (χ1v) is 8.04. The standard InChI is InChI=1S/C17H25NO3/c1-2-15-4-5-17(14-16(15)3-1)21-13-12-20-11-8-18-6-9-19-10-7-18/h4-5,14H,1-3,6-13H2. The molecule has 0 radical (unpaired) electrons. The van der Waals surface area contributed by atoms with E-state index in [-0.39, 0.29) is 0 Å². The Hall–Kier alpha value is -1.10. The molecule has 1 aliphatic heterocycles. The van der Waals surface area contributed by atoms with E-state index in [1.54, 1.807) is 0 Å². The number of hydrogen-bond acceptors (Lipinski definition) is 4. The molecule has 4 nitrogen and oxygen atoms in total. The third kappa shape index (κ3) is 4.43. The van der Waals surface area contributed by atoms with Gasteiger partial charge in [0.2, 0.25) is 0 Å². The Kier molecular flexibility index (Phi) is 5.49. The van der Waals surface area contributed by atoms with Gasteiger partial charge in [0.05, 0.1) is 26.4 Å². The lowest BCUT2D eigenvalue weighted by Crippen LogP contribution is -2.38. The van der Waals surface area contributed by atoms with Crippen LogP contribution in [0.15, 0.2) is 18.2 Å². The van der Waals surface area contributed by atoms with E-state index >= 15 is 0 Å². The van der Waals surface area contributed by atoms with Crippen LogP contribution in [-0.4, -0.2) is 57.6 Å². The molecule has 0 bridgehead atoms. The molecule has 4 heteroatoms. The molecular weight excluding hydrogens is 266 g/mol. The molecule has 0 amide bonds. The van der Waals surface area contributed by atoms with E-state index in [4.69, 9.17) is 14.2 Å². The highest BCUT2D eigenvalue weighted by Gasteiger charge is 2.11. The number of hydrogen-bond donors (Lipinski definition) is 0. The van der Waals surface area contributed by atoms with Gasteiger partial charge in [0, 0.05) is 19.6 Å². The van der Waals surface area contributed by atoms with Crippen molar-refractivity contribution < 1.29 is 14.2 Å². The normalized spacial score (nSPS) is 18.7. The third-order valence-electron chi connectivity index (χ3n) is 4.22. The summed E-state index contributed by atoms with van der Waals surface area (Å²) in [5.74, 6) is 0.979. The first kappa shape index (κ1) is 14.8. The van der Waals surface area contributed by atoms with E-state index in [1.807, 2.05) is 0 Å².